The number of benzene rings is 3. The minimum Gasteiger partial charge on any atom is -0.326 e. The van der Waals surface area contributed by atoms with E-state index in [1.165, 1.54) is 11.8 Å². The number of hydrogen-bond donors (Lipinski definition) is 3. The maximum absolute atomic E-state index is 13.8. The first kappa shape index (κ1) is 24.5. The summed E-state index contributed by atoms with van der Waals surface area (Å²) >= 11 is 0. The van der Waals surface area contributed by atoms with Gasteiger partial charge in [-0.25, -0.2) is 18.6 Å². The van der Waals surface area contributed by atoms with E-state index in [0.29, 0.717) is 17.0 Å². The molecule has 4 rings (SSSR count). The molecule has 3 N–H and O–H groups in total. The van der Waals surface area contributed by atoms with Crippen LogP contribution in [-0.2, 0) is 9.59 Å². The summed E-state index contributed by atoms with van der Waals surface area (Å²) in [6.07, 6.45) is -1.28. The third kappa shape index (κ3) is 5.07. The van der Waals surface area contributed by atoms with Crippen molar-refractivity contribution in [1.82, 2.24) is 10.6 Å². The fraction of sp³-hybridized carbons (Fsp3) is 0.154. The minimum absolute atomic E-state index is 0.480. The van der Waals surface area contributed by atoms with Gasteiger partial charge in [-0.1, -0.05) is 54.6 Å². The number of benzodiazepines with no additional fused rings is 1. The number of halogens is 2. The molecule has 1 heterocycles. The number of urea groups is 1. The molecule has 1 aliphatic rings. The highest BCUT2D eigenvalue weighted by molar-refractivity contribution is 6.20. The predicted octanol–water partition coefficient (Wildman–Crippen LogP) is 3.43. The van der Waals surface area contributed by atoms with Crippen LogP contribution in [0.25, 0.3) is 0 Å². The van der Waals surface area contributed by atoms with Gasteiger partial charge in [-0.05, 0) is 25.1 Å². The zero-order chi connectivity index (χ0) is 25.8. The van der Waals surface area contributed by atoms with E-state index in [1.54, 1.807) is 19.2 Å². The summed E-state index contributed by atoms with van der Waals surface area (Å²) in [4.78, 5) is 44.3. The van der Waals surface area contributed by atoms with Crippen molar-refractivity contribution in [3.63, 3.8) is 0 Å². The summed E-state index contributed by atoms with van der Waals surface area (Å²) < 4.78 is 27.6. The molecule has 3 aromatic rings. The standard InChI is InChI=1S/C26H23F2N5O3/c1-15(29-26(36)31-22-18(27)12-8-13-19(22)28)24(34)32-23-25(35)33(2)20-14-7-6-11-17(20)21(30-23)16-9-4-3-5-10-16/h3-15,23H,1-2H3,(H,32,34)(H2,29,31,36)/t15-,23?/m0/s1. The Kier molecular flexibility index (Phi) is 7.05. The number of amides is 4. The summed E-state index contributed by atoms with van der Waals surface area (Å²) in [6.45, 7) is 1.37. The maximum atomic E-state index is 13.8. The van der Waals surface area contributed by atoms with Crippen LogP contribution in [0.3, 0.4) is 0 Å². The highest BCUT2D eigenvalue weighted by Crippen LogP contribution is 2.27. The van der Waals surface area contributed by atoms with Gasteiger partial charge in [0, 0.05) is 18.2 Å². The second kappa shape index (κ2) is 10.3. The third-order valence-corrected chi connectivity index (χ3v) is 5.61. The molecule has 0 saturated carbocycles. The first-order chi connectivity index (χ1) is 17.3. The number of para-hydroxylation sites is 2. The van der Waals surface area contributed by atoms with E-state index in [2.05, 4.69) is 20.9 Å². The van der Waals surface area contributed by atoms with Gasteiger partial charge in [0.15, 0.2) is 0 Å². The Hall–Kier alpha value is -4.60. The molecule has 36 heavy (non-hydrogen) atoms. The van der Waals surface area contributed by atoms with Crippen LogP contribution in [0.5, 0.6) is 0 Å². The lowest BCUT2D eigenvalue weighted by Crippen LogP contribution is -2.52. The van der Waals surface area contributed by atoms with Gasteiger partial charge in [-0.2, -0.15) is 0 Å². The van der Waals surface area contributed by atoms with E-state index in [-0.39, 0.29) is 0 Å². The number of carbonyl (C=O) groups is 3. The topological polar surface area (TPSA) is 103 Å². The van der Waals surface area contributed by atoms with E-state index < -0.39 is 47.4 Å². The predicted molar refractivity (Wildman–Crippen MR) is 132 cm³/mol. The van der Waals surface area contributed by atoms with Crippen molar-refractivity contribution in [2.24, 2.45) is 4.99 Å². The molecule has 4 amide bonds. The average Bonchev–Trinajstić information content (AvgIpc) is 2.97. The monoisotopic (exact) mass is 491 g/mol. The Morgan fingerprint density at radius 2 is 1.58 bits per heavy atom. The van der Waals surface area contributed by atoms with Gasteiger partial charge in [0.1, 0.15) is 23.4 Å². The number of rotatable bonds is 5. The maximum Gasteiger partial charge on any atom is 0.320 e. The van der Waals surface area contributed by atoms with Crippen LogP contribution >= 0.6 is 0 Å². The number of nitrogens with zero attached hydrogens (tertiary/aromatic N) is 2. The summed E-state index contributed by atoms with van der Waals surface area (Å²) in [7, 11) is 1.59. The molecule has 0 saturated heterocycles. The van der Waals surface area contributed by atoms with E-state index in [0.717, 1.165) is 23.8 Å². The molecule has 3 aromatic carbocycles. The third-order valence-electron chi connectivity index (χ3n) is 5.61. The van der Waals surface area contributed by atoms with Gasteiger partial charge in [0.05, 0.1) is 11.4 Å². The summed E-state index contributed by atoms with van der Waals surface area (Å²) in [5.74, 6) is -3.12. The van der Waals surface area contributed by atoms with Crippen LogP contribution in [-0.4, -0.2) is 42.8 Å². The Balaban J connectivity index is 1.54. The molecule has 0 radical (unpaired) electrons. The molecule has 8 nitrogen and oxygen atoms in total. The summed E-state index contributed by atoms with van der Waals surface area (Å²) in [6, 6.07) is 17.5. The molecule has 0 bridgehead atoms. The zero-order valence-corrected chi connectivity index (χ0v) is 19.5. The van der Waals surface area contributed by atoms with Crippen molar-refractivity contribution in [2.45, 2.75) is 19.1 Å². The Morgan fingerprint density at radius 1 is 0.944 bits per heavy atom. The molecule has 1 unspecified atom stereocenters. The lowest BCUT2D eigenvalue weighted by Gasteiger charge is -2.22. The van der Waals surface area contributed by atoms with Crippen LogP contribution in [0.1, 0.15) is 18.1 Å². The van der Waals surface area contributed by atoms with E-state index in [9.17, 15) is 23.2 Å². The minimum atomic E-state index is -1.28. The second-order valence-electron chi connectivity index (χ2n) is 8.09. The van der Waals surface area contributed by atoms with Crippen molar-refractivity contribution in [1.29, 1.82) is 0 Å². The lowest BCUT2D eigenvalue weighted by atomic mass is 10.0. The molecule has 184 valence electrons. The first-order valence-corrected chi connectivity index (χ1v) is 11.1. The van der Waals surface area contributed by atoms with E-state index >= 15 is 0 Å². The normalized spacial score (nSPS) is 15.8. The molecular formula is C26H23F2N5O3. The van der Waals surface area contributed by atoms with Crippen LogP contribution in [0.15, 0.2) is 77.8 Å². The van der Waals surface area contributed by atoms with Crippen molar-refractivity contribution in [3.8, 4) is 0 Å². The van der Waals surface area contributed by atoms with Crippen molar-refractivity contribution in [2.75, 3.05) is 17.3 Å². The number of anilines is 2. The van der Waals surface area contributed by atoms with Crippen LogP contribution in [0.2, 0.25) is 0 Å². The van der Waals surface area contributed by atoms with Gasteiger partial charge < -0.3 is 20.9 Å². The molecule has 1 aliphatic heterocycles. The Morgan fingerprint density at radius 3 is 2.28 bits per heavy atom. The van der Waals surface area contributed by atoms with Gasteiger partial charge in [-0.3, -0.25) is 9.59 Å². The second-order valence-corrected chi connectivity index (χ2v) is 8.09. The molecule has 10 heteroatoms. The summed E-state index contributed by atoms with van der Waals surface area (Å²) in [5, 5.41) is 6.91. The quantitative estimate of drug-likeness (QED) is 0.510. The number of aliphatic imine (C=N–C) groups is 1. The Labute approximate surface area is 206 Å². The number of nitrogens with one attached hydrogen (secondary N) is 3. The lowest BCUT2D eigenvalue weighted by molar-refractivity contribution is -0.128. The van der Waals surface area contributed by atoms with Crippen molar-refractivity contribution in [3.05, 3.63) is 95.6 Å². The van der Waals surface area contributed by atoms with Crippen LogP contribution < -0.4 is 20.9 Å². The Bertz CT molecular complexity index is 1330. The number of carbonyl (C=O) groups excluding carboxylic acids is 3. The van der Waals surface area contributed by atoms with E-state index in [1.807, 2.05) is 42.5 Å². The van der Waals surface area contributed by atoms with Gasteiger partial charge in [-0.15, -0.1) is 0 Å². The number of hydrogen-bond acceptors (Lipinski definition) is 4. The number of likely N-dealkylation sites (N-methyl/N-ethyl adjacent to an activating group) is 1. The van der Waals surface area contributed by atoms with Gasteiger partial charge in [0.2, 0.25) is 12.1 Å². The molecule has 0 spiro atoms. The van der Waals surface area contributed by atoms with Crippen molar-refractivity contribution >= 4 is 34.9 Å². The van der Waals surface area contributed by atoms with Crippen LogP contribution in [0.4, 0.5) is 25.0 Å². The molecular weight excluding hydrogens is 468 g/mol. The van der Waals surface area contributed by atoms with Gasteiger partial charge in [0.25, 0.3) is 5.91 Å². The fourth-order valence-corrected chi connectivity index (χ4v) is 3.73. The zero-order valence-electron chi connectivity index (χ0n) is 19.5. The van der Waals surface area contributed by atoms with Crippen molar-refractivity contribution < 1.29 is 23.2 Å². The SMILES string of the molecule is C[C@H](NC(=O)Nc1c(F)cccc1F)C(=O)NC1N=C(c2ccccc2)c2ccccc2N(C)C1=O. The molecule has 2 atom stereocenters. The summed E-state index contributed by atoms with van der Waals surface area (Å²) in [5.41, 5.74) is 1.97. The largest absolute Gasteiger partial charge is 0.326 e. The molecule has 0 fully saturated rings. The fourth-order valence-electron chi connectivity index (χ4n) is 3.73. The molecule has 0 aromatic heterocycles. The smallest absolute Gasteiger partial charge is 0.320 e. The first-order valence-electron chi connectivity index (χ1n) is 11.1. The highest BCUT2D eigenvalue weighted by atomic mass is 19.1. The average molecular weight is 491 g/mol. The molecule has 0 aliphatic carbocycles. The highest BCUT2D eigenvalue weighted by Gasteiger charge is 2.32. The number of fused-ring (bicyclic) bond motifs is 1. The van der Waals surface area contributed by atoms with Crippen LogP contribution in [0, 0.1) is 11.6 Å². The van der Waals surface area contributed by atoms with Gasteiger partial charge >= 0.3 is 6.03 Å². The van der Waals surface area contributed by atoms with E-state index in [4.69, 9.17) is 0 Å².